The standard InChI is InChI=1S/C21H30F2N6O2.HI/c1-3-24-20(27(2)15-16-8-10-17(11-9-16)31-19(22)23)25-12-6-14-29-21(30)28-13-5-4-7-18(28)26-29;/h8-11,19H,3-7,12-15H2,1-2H3,(H,24,25);1H. The minimum Gasteiger partial charge on any atom is -0.435 e. The van der Waals surface area contributed by atoms with Crippen LogP contribution in [-0.2, 0) is 26.1 Å². The fourth-order valence-electron chi connectivity index (χ4n) is 3.59. The second-order valence-electron chi connectivity index (χ2n) is 7.50. The monoisotopic (exact) mass is 564 g/mol. The van der Waals surface area contributed by atoms with E-state index in [1.807, 2.05) is 18.9 Å². The van der Waals surface area contributed by atoms with Crippen molar-refractivity contribution in [1.82, 2.24) is 24.6 Å². The lowest BCUT2D eigenvalue weighted by Gasteiger charge is -2.22. The van der Waals surface area contributed by atoms with E-state index in [0.29, 0.717) is 26.1 Å². The van der Waals surface area contributed by atoms with Gasteiger partial charge in [0, 0.05) is 46.2 Å². The topological polar surface area (TPSA) is 76.7 Å². The molecule has 0 aliphatic carbocycles. The van der Waals surface area contributed by atoms with Crippen LogP contribution >= 0.6 is 24.0 Å². The van der Waals surface area contributed by atoms with Crippen LogP contribution in [-0.4, -0.2) is 52.0 Å². The molecule has 0 bridgehead atoms. The second-order valence-corrected chi connectivity index (χ2v) is 7.50. The molecule has 8 nitrogen and oxygen atoms in total. The number of aliphatic imine (C=N–C) groups is 1. The van der Waals surface area contributed by atoms with Crippen LogP contribution in [0, 0.1) is 0 Å². The average molecular weight is 564 g/mol. The molecule has 0 unspecified atom stereocenters. The summed E-state index contributed by atoms with van der Waals surface area (Å²) >= 11 is 0. The number of hydrogen-bond acceptors (Lipinski definition) is 4. The summed E-state index contributed by atoms with van der Waals surface area (Å²) in [5, 5.41) is 7.71. The molecule has 0 radical (unpaired) electrons. The van der Waals surface area contributed by atoms with E-state index in [4.69, 9.17) is 0 Å². The number of nitrogens with one attached hydrogen (secondary N) is 1. The summed E-state index contributed by atoms with van der Waals surface area (Å²) in [6.45, 7) is 2.31. The normalized spacial score (nSPS) is 13.5. The summed E-state index contributed by atoms with van der Waals surface area (Å²) < 4.78 is 32.3. The van der Waals surface area contributed by atoms with E-state index in [1.165, 1.54) is 12.1 Å². The first-order valence-corrected chi connectivity index (χ1v) is 10.7. The van der Waals surface area contributed by atoms with Gasteiger partial charge in [-0.15, -0.1) is 24.0 Å². The largest absolute Gasteiger partial charge is 0.435 e. The number of ether oxygens (including phenoxy) is 1. The number of halogens is 3. The molecule has 11 heteroatoms. The van der Waals surface area contributed by atoms with Crippen molar-refractivity contribution in [3.63, 3.8) is 0 Å². The number of aryl methyl sites for hydroxylation is 2. The van der Waals surface area contributed by atoms with Gasteiger partial charge in [-0.05, 0) is 43.9 Å². The van der Waals surface area contributed by atoms with Gasteiger partial charge in [0.2, 0.25) is 0 Å². The van der Waals surface area contributed by atoms with Gasteiger partial charge in [-0.3, -0.25) is 9.56 Å². The fourth-order valence-corrected chi connectivity index (χ4v) is 3.59. The predicted octanol–water partition coefficient (Wildman–Crippen LogP) is 3.09. The Morgan fingerprint density at radius 1 is 1.31 bits per heavy atom. The van der Waals surface area contributed by atoms with Crippen molar-refractivity contribution in [2.75, 3.05) is 20.1 Å². The number of fused-ring (bicyclic) bond motifs is 1. The van der Waals surface area contributed by atoms with Gasteiger partial charge >= 0.3 is 12.3 Å². The van der Waals surface area contributed by atoms with Crippen LogP contribution < -0.4 is 15.7 Å². The summed E-state index contributed by atoms with van der Waals surface area (Å²) in [7, 11) is 1.92. The van der Waals surface area contributed by atoms with Gasteiger partial charge in [0.05, 0.1) is 0 Å². The highest BCUT2D eigenvalue weighted by molar-refractivity contribution is 14.0. The summed E-state index contributed by atoms with van der Waals surface area (Å²) in [4.78, 5) is 19.0. The molecule has 1 N–H and O–H groups in total. The first-order valence-electron chi connectivity index (χ1n) is 10.7. The summed E-state index contributed by atoms with van der Waals surface area (Å²) in [5.41, 5.74) is 0.923. The van der Waals surface area contributed by atoms with Crippen LogP contribution in [0.5, 0.6) is 5.75 Å². The molecule has 1 aromatic carbocycles. The summed E-state index contributed by atoms with van der Waals surface area (Å²) in [5.74, 6) is 1.77. The maximum Gasteiger partial charge on any atom is 0.387 e. The molecular formula is C21H31F2IN6O2. The Kier molecular flexibility index (Phi) is 10.4. The van der Waals surface area contributed by atoms with Gasteiger partial charge in [-0.2, -0.15) is 13.9 Å². The van der Waals surface area contributed by atoms with E-state index in [2.05, 4.69) is 20.1 Å². The molecule has 1 aliphatic rings. The van der Waals surface area contributed by atoms with E-state index in [-0.39, 0.29) is 35.4 Å². The van der Waals surface area contributed by atoms with Crippen molar-refractivity contribution >= 4 is 29.9 Å². The van der Waals surface area contributed by atoms with Crippen LogP contribution in [0.25, 0.3) is 0 Å². The second kappa shape index (κ2) is 12.8. The predicted molar refractivity (Wildman–Crippen MR) is 130 cm³/mol. The lowest BCUT2D eigenvalue weighted by atomic mass is 10.2. The molecule has 178 valence electrons. The van der Waals surface area contributed by atoms with Crippen molar-refractivity contribution in [2.24, 2.45) is 4.99 Å². The number of hydrogen-bond donors (Lipinski definition) is 1. The molecular weight excluding hydrogens is 533 g/mol. The van der Waals surface area contributed by atoms with Gasteiger partial charge in [0.1, 0.15) is 11.6 Å². The molecule has 0 spiro atoms. The van der Waals surface area contributed by atoms with Gasteiger partial charge in [0.25, 0.3) is 0 Å². The smallest absolute Gasteiger partial charge is 0.387 e. The molecule has 1 aromatic heterocycles. The fraction of sp³-hybridized carbons (Fsp3) is 0.571. The van der Waals surface area contributed by atoms with E-state index in [0.717, 1.165) is 49.7 Å². The highest BCUT2D eigenvalue weighted by atomic mass is 127. The lowest BCUT2D eigenvalue weighted by molar-refractivity contribution is -0.0498. The Hall–Kier alpha value is -2.18. The maximum absolute atomic E-state index is 12.4. The molecule has 32 heavy (non-hydrogen) atoms. The average Bonchev–Trinajstić information content (AvgIpc) is 3.07. The Bertz CT molecular complexity index is 929. The Morgan fingerprint density at radius 3 is 2.72 bits per heavy atom. The Labute approximate surface area is 203 Å². The van der Waals surface area contributed by atoms with Crippen molar-refractivity contribution < 1.29 is 13.5 Å². The highest BCUT2D eigenvalue weighted by Gasteiger charge is 2.16. The number of guanidine groups is 1. The molecule has 0 saturated heterocycles. The molecule has 0 amide bonds. The van der Waals surface area contributed by atoms with Gasteiger partial charge in [-0.25, -0.2) is 9.48 Å². The van der Waals surface area contributed by atoms with Crippen molar-refractivity contribution in [3.8, 4) is 5.75 Å². The first kappa shape index (κ1) is 26.1. The SMILES string of the molecule is CCNC(=NCCCn1nc2n(c1=O)CCCC2)N(C)Cc1ccc(OC(F)F)cc1.I. The third-order valence-corrected chi connectivity index (χ3v) is 5.09. The van der Waals surface area contributed by atoms with E-state index < -0.39 is 6.61 Å². The van der Waals surface area contributed by atoms with Crippen LogP contribution in [0.1, 0.15) is 37.6 Å². The Balaban J connectivity index is 0.00000363. The number of aromatic nitrogens is 3. The van der Waals surface area contributed by atoms with Crippen molar-refractivity contribution in [2.45, 2.75) is 58.9 Å². The number of nitrogens with zero attached hydrogens (tertiary/aromatic N) is 5. The molecule has 2 heterocycles. The van der Waals surface area contributed by atoms with Gasteiger partial charge in [-0.1, -0.05) is 12.1 Å². The van der Waals surface area contributed by atoms with Crippen LogP contribution in [0.4, 0.5) is 8.78 Å². The minimum absolute atomic E-state index is 0. The number of rotatable bonds is 9. The molecule has 1 aliphatic heterocycles. The zero-order valence-electron chi connectivity index (χ0n) is 18.5. The highest BCUT2D eigenvalue weighted by Crippen LogP contribution is 2.16. The van der Waals surface area contributed by atoms with Gasteiger partial charge in [0.15, 0.2) is 5.96 Å². The van der Waals surface area contributed by atoms with Crippen LogP contribution in [0.3, 0.4) is 0 Å². The van der Waals surface area contributed by atoms with Crippen LogP contribution in [0.2, 0.25) is 0 Å². The zero-order valence-corrected chi connectivity index (χ0v) is 20.8. The molecule has 3 rings (SSSR count). The Morgan fingerprint density at radius 2 is 2.06 bits per heavy atom. The van der Waals surface area contributed by atoms with E-state index >= 15 is 0 Å². The molecule has 0 fully saturated rings. The maximum atomic E-state index is 12.4. The third-order valence-electron chi connectivity index (χ3n) is 5.09. The van der Waals surface area contributed by atoms with Crippen LogP contribution in [0.15, 0.2) is 34.1 Å². The number of alkyl halides is 2. The summed E-state index contributed by atoms with van der Waals surface area (Å²) in [6.07, 6.45) is 3.69. The minimum atomic E-state index is -2.83. The number of benzene rings is 1. The lowest BCUT2D eigenvalue weighted by Crippen LogP contribution is -2.38. The first-order chi connectivity index (χ1) is 15.0. The zero-order chi connectivity index (χ0) is 22.2. The van der Waals surface area contributed by atoms with E-state index in [9.17, 15) is 13.6 Å². The molecule has 2 aromatic rings. The van der Waals surface area contributed by atoms with Gasteiger partial charge < -0.3 is 15.0 Å². The molecule has 0 saturated carbocycles. The molecule has 0 atom stereocenters. The summed E-state index contributed by atoms with van der Waals surface area (Å²) in [6, 6.07) is 6.57. The van der Waals surface area contributed by atoms with E-state index in [1.54, 1.807) is 21.4 Å². The van der Waals surface area contributed by atoms with Crippen molar-refractivity contribution in [3.05, 3.63) is 46.1 Å². The quantitative estimate of drug-likeness (QED) is 0.219. The van der Waals surface area contributed by atoms with Crippen molar-refractivity contribution in [1.29, 1.82) is 0 Å². The third kappa shape index (κ3) is 7.17.